The molecule has 146 valence electrons. The molecule has 4 N–H and O–H groups in total. The molecule has 0 spiro atoms. The van der Waals surface area contributed by atoms with Gasteiger partial charge in [-0.15, -0.1) is 24.0 Å². The fourth-order valence-electron chi connectivity index (χ4n) is 3.02. The molecule has 6 nitrogen and oxygen atoms in total. The van der Waals surface area contributed by atoms with E-state index in [0.717, 1.165) is 24.8 Å². The molecule has 1 aliphatic rings. The Kier molecular flexibility index (Phi) is 10.4. The minimum Gasteiger partial charge on any atom is -0.484 e. The second-order valence-electron chi connectivity index (χ2n) is 6.75. The highest BCUT2D eigenvalue weighted by atomic mass is 127. The lowest BCUT2D eigenvalue weighted by Gasteiger charge is -2.28. The molecule has 0 aromatic heterocycles. The summed E-state index contributed by atoms with van der Waals surface area (Å²) in [6.07, 6.45) is 5.90. The van der Waals surface area contributed by atoms with Crippen molar-refractivity contribution in [2.75, 3.05) is 20.2 Å². The van der Waals surface area contributed by atoms with E-state index in [2.05, 4.69) is 22.5 Å². The van der Waals surface area contributed by atoms with E-state index in [1.165, 1.54) is 31.2 Å². The molecule has 1 fully saturated rings. The quantitative estimate of drug-likeness (QED) is 0.322. The Balaban J connectivity index is 0.00000338. The van der Waals surface area contributed by atoms with E-state index in [1.54, 1.807) is 0 Å². The largest absolute Gasteiger partial charge is 0.484 e. The monoisotopic (exact) mass is 474 g/mol. The Hall–Kier alpha value is -1.51. The number of nitrogens with two attached hydrogens (primary N) is 1. The highest BCUT2D eigenvalue weighted by Crippen LogP contribution is 2.23. The summed E-state index contributed by atoms with van der Waals surface area (Å²) in [6, 6.07) is 8.24. The molecule has 1 aliphatic carbocycles. The first-order chi connectivity index (χ1) is 12.1. The van der Waals surface area contributed by atoms with E-state index in [1.807, 2.05) is 31.3 Å². The molecule has 0 saturated heterocycles. The Bertz CT molecular complexity index is 569. The van der Waals surface area contributed by atoms with Gasteiger partial charge < -0.3 is 21.1 Å². The number of benzene rings is 1. The minimum absolute atomic E-state index is 0. The average molecular weight is 474 g/mol. The number of hydrogen-bond acceptors (Lipinski definition) is 3. The van der Waals surface area contributed by atoms with Crippen molar-refractivity contribution in [3.05, 3.63) is 29.8 Å². The number of nitrogens with zero attached hydrogens (tertiary/aromatic N) is 1. The molecule has 26 heavy (non-hydrogen) atoms. The van der Waals surface area contributed by atoms with Gasteiger partial charge in [0, 0.05) is 19.6 Å². The van der Waals surface area contributed by atoms with Gasteiger partial charge in [-0.3, -0.25) is 9.79 Å². The number of nitrogens with one attached hydrogen (secondary N) is 2. The Morgan fingerprint density at radius 3 is 2.46 bits per heavy atom. The molecule has 0 aliphatic heterocycles. The number of guanidine groups is 1. The van der Waals surface area contributed by atoms with E-state index >= 15 is 0 Å². The third-order valence-electron chi connectivity index (χ3n) is 4.59. The zero-order chi connectivity index (χ0) is 18.1. The fourth-order valence-corrected chi connectivity index (χ4v) is 3.02. The summed E-state index contributed by atoms with van der Waals surface area (Å²) < 4.78 is 5.26. The van der Waals surface area contributed by atoms with Gasteiger partial charge in [0.05, 0.1) is 0 Å². The second-order valence-corrected chi connectivity index (χ2v) is 6.75. The molecule has 0 unspecified atom stereocenters. The molecule has 1 aromatic carbocycles. The summed E-state index contributed by atoms with van der Waals surface area (Å²) in [5.74, 6) is 1.91. The van der Waals surface area contributed by atoms with Crippen molar-refractivity contribution in [2.24, 2.45) is 16.6 Å². The van der Waals surface area contributed by atoms with E-state index in [0.29, 0.717) is 11.8 Å². The summed E-state index contributed by atoms with van der Waals surface area (Å²) in [4.78, 5) is 15.0. The van der Waals surface area contributed by atoms with Gasteiger partial charge in [0.15, 0.2) is 12.6 Å². The maximum absolute atomic E-state index is 10.7. The maximum atomic E-state index is 10.7. The van der Waals surface area contributed by atoms with Gasteiger partial charge in [0.1, 0.15) is 5.75 Å². The lowest BCUT2D eigenvalue weighted by molar-refractivity contribution is -0.119. The van der Waals surface area contributed by atoms with Crippen molar-refractivity contribution in [3.8, 4) is 5.75 Å². The molecule has 0 heterocycles. The van der Waals surface area contributed by atoms with Crippen molar-refractivity contribution >= 4 is 35.8 Å². The Labute approximate surface area is 173 Å². The smallest absolute Gasteiger partial charge is 0.255 e. The van der Waals surface area contributed by atoms with Gasteiger partial charge in [0.2, 0.25) is 0 Å². The third-order valence-corrected chi connectivity index (χ3v) is 4.59. The molecule has 0 radical (unpaired) electrons. The van der Waals surface area contributed by atoms with Gasteiger partial charge in [-0.2, -0.15) is 0 Å². The van der Waals surface area contributed by atoms with Gasteiger partial charge in [-0.05, 0) is 55.7 Å². The highest BCUT2D eigenvalue weighted by Gasteiger charge is 2.18. The zero-order valence-electron chi connectivity index (χ0n) is 15.7. The lowest BCUT2D eigenvalue weighted by Crippen LogP contribution is -2.45. The van der Waals surface area contributed by atoms with Gasteiger partial charge in [-0.1, -0.05) is 19.1 Å². The number of primary amides is 1. The number of rotatable bonds is 7. The van der Waals surface area contributed by atoms with Crippen LogP contribution in [-0.2, 0) is 11.2 Å². The van der Waals surface area contributed by atoms with Gasteiger partial charge in [-0.25, -0.2) is 0 Å². The van der Waals surface area contributed by atoms with Crippen LogP contribution in [0.25, 0.3) is 0 Å². The molecular weight excluding hydrogens is 443 g/mol. The van der Waals surface area contributed by atoms with Crippen LogP contribution in [-0.4, -0.2) is 38.1 Å². The molecule has 7 heteroatoms. The maximum Gasteiger partial charge on any atom is 0.255 e. The van der Waals surface area contributed by atoms with E-state index in [-0.39, 0.29) is 30.6 Å². The van der Waals surface area contributed by atoms with Gasteiger partial charge >= 0.3 is 0 Å². The number of halogens is 1. The third kappa shape index (κ3) is 8.25. The van der Waals surface area contributed by atoms with E-state index in [4.69, 9.17) is 10.5 Å². The predicted octanol–water partition coefficient (Wildman–Crippen LogP) is 2.45. The van der Waals surface area contributed by atoms with Crippen molar-refractivity contribution in [1.82, 2.24) is 10.6 Å². The Morgan fingerprint density at radius 1 is 1.23 bits per heavy atom. The van der Waals surface area contributed by atoms with Crippen LogP contribution in [0.4, 0.5) is 0 Å². The summed E-state index contributed by atoms with van der Waals surface area (Å²) >= 11 is 0. The van der Waals surface area contributed by atoms with Crippen molar-refractivity contribution in [3.63, 3.8) is 0 Å². The van der Waals surface area contributed by atoms with Gasteiger partial charge in [0.25, 0.3) is 5.91 Å². The number of amides is 1. The first kappa shape index (κ1) is 22.5. The summed E-state index contributed by atoms with van der Waals surface area (Å²) in [7, 11) is 1.81. The molecular formula is C19H31IN4O2. The topological polar surface area (TPSA) is 88.7 Å². The van der Waals surface area contributed by atoms with Crippen LogP contribution in [0.15, 0.2) is 29.3 Å². The van der Waals surface area contributed by atoms with Crippen LogP contribution in [0.2, 0.25) is 0 Å². The zero-order valence-corrected chi connectivity index (χ0v) is 18.0. The normalized spacial score (nSPS) is 20.0. The number of carbonyl (C=O) groups excluding carboxylic acids is 1. The highest BCUT2D eigenvalue weighted by molar-refractivity contribution is 14.0. The lowest BCUT2D eigenvalue weighted by atomic mass is 9.87. The molecule has 2 rings (SSSR count). The predicted molar refractivity (Wildman–Crippen MR) is 116 cm³/mol. The molecule has 1 amide bonds. The summed E-state index contributed by atoms with van der Waals surface area (Å²) in [5, 5.41) is 6.90. The SMILES string of the molecule is CN=C(NCCc1ccc(OCC(N)=O)cc1)NC1CCC(C)CC1.I. The Morgan fingerprint density at radius 2 is 1.88 bits per heavy atom. The molecule has 0 bridgehead atoms. The van der Waals surface area contributed by atoms with Crippen molar-refractivity contribution in [1.29, 1.82) is 0 Å². The molecule has 0 atom stereocenters. The van der Waals surface area contributed by atoms with Crippen LogP contribution < -0.4 is 21.1 Å². The molecule has 1 aromatic rings. The van der Waals surface area contributed by atoms with Crippen LogP contribution >= 0.6 is 24.0 Å². The number of carbonyl (C=O) groups is 1. The average Bonchev–Trinajstić information content (AvgIpc) is 2.62. The van der Waals surface area contributed by atoms with E-state index < -0.39 is 5.91 Å². The van der Waals surface area contributed by atoms with Crippen LogP contribution in [0.3, 0.4) is 0 Å². The van der Waals surface area contributed by atoms with Crippen LogP contribution in [0, 0.1) is 5.92 Å². The second kappa shape index (κ2) is 12.0. The van der Waals surface area contributed by atoms with Crippen LogP contribution in [0.1, 0.15) is 38.2 Å². The first-order valence-electron chi connectivity index (χ1n) is 9.04. The number of hydrogen-bond donors (Lipinski definition) is 3. The van der Waals surface area contributed by atoms with Crippen molar-refractivity contribution in [2.45, 2.75) is 45.1 Å². The standard InChI is InChI=1S/C19H30N4O2.HI/c1-14-3-7-16(8-4-14)23-19(21-2)22-12-11-15-5-9-17(10-6-15)25-13-18(20)24;/h5-6,9-10,14,16H,3-4,7-8,11-13H2,1-2H3,(H2,20,24)(H2,21,22,23);1H. The van der Waals surface area contributed by atoms with Crippen molar-refractivity contribution < 1.29 is 9.53 Å². The number of aliphatic imine (C=N–C) groups is 1. The van der Waals surface area contributed by atoms with E-state index in [9.17, 15) is 4.79 Å². The molecule has 1 saturated carbocycles. The minimum atomic E-state index is -0.473. The van der Waals surface area contributed by atoms with Crippen LogP contribution in [0.5, 0.6) is 5.75 Å². The summed E-state index contributed by atoms with van der Waals surface area (Å²) in [6.45, 7) is 3.04. The number of ether oxygens (including phenoxy) is 1. The summed E-state index contributed by atoms with van der Waals surface area (Å²) in [5.41, 5.74) is 6.26. The first-order valence-corrected chi connectivity index (χ1v) is 9.04. The fraction of sp³-hybridized carbons (Fsp3) is 0.579.